The predicted octanol–water partition coefficient (Wildman–Crippen LogP) is 4.98. The van der Waals surface area contributed by atoms with Gasteiger partial charge in [-0.1, -0.05) is 30.3 Å². The number of aryl methyl sites for hydroxylation is 1. The fraction of sp³-hybridized carbons (Fsp3) is 0.385. The molecule has 1 aliphatic rings. The molecule has 1 fully saturated rings. The topological polar surface area (TPSA) is 62.4 Å². The van der Waals surface area contributed by atoms with Crippen LogP contribution in [0.25, 0.3) is 10.9 Å². The van der Waals surface area contributed by atoms with Crippen molar-refractivity contribution in [1.29, 1.82) is 0 Å². The molecule has 5 nitrogen and oxygen atoms in total. The van der Waals surface area contributed by atoms with Crippen LogP contribution in [-0.4, -0.2) is 41.5 Å². The number of carbonyl (C=O) groups excluding carboxylic acids is 2. The van der Waals surface area contributed by atoms with Crippen molar-refractivity contribution in [2.75, 3.05) is 19.7 Å². The molecule has 5 heteroatoms. The van der Waals surface area contributed by atoms with E-state index in [0.717, 1.165) is 30.2 Å². The van der Waals surface area contributed by atoms with Crippen molar-refractivity contribution in [3.8, 4) is 0 Å². The number of rotatable bonds is 7. The summed E-state index contributed by atoms with van der Waals surface area (Å²) in [7, 11) is 0. The number of aromatic nitrogens is 1. The summed E-state index contributed by atoms with van der Waals surface area (Å²) in [5.41, 5.74) is 2.51. The largest absolute Gasteiger partial charge is 0.466 e. The third kappa shape index (κ3) is 4.66. The third-order valence-corrected chi connectivity index (χ3v) is 6.48. The van der Waals surface area contributed by atoms with E-state index in [2.05, 4.69) is 17.1 Å². The standard InChI is InChI=1S/C26H30N2O3/c1-2-31-25(30)26(13-6-9-20-7-4-3-5-8-20)14-17-28(18-15-26)24(29)22-10-11-23-21(19-22)12-16-27-23/h3-5,7-8,10-12,16,19,27H,2,6,9,13-15,17-18H2,1H3. The molecule has 0 bridgehead atoms. The Bertz CT molecular complexity index is 1030. The first-order valence-corrected chi connectivity index (χ1v) is 11.2. The maximum Gasteiger partial charge on any atom is 0.312 e. The summed E-state index contributed by atoms with van der Waals surface area (Å²) in [6.07, 6.45) is 5.85. The van der Waals surface area contributed by atoms with Crippen LogP contribution >= 0.6 is 0 Å². The number of ether oxygens (including phenoxy) is 1. The lowest BCUT2D eigenvalue weighted by Crippen LogP contribution is -2.47. The van der Waals surface area contributed by atoms with Gasteiger partial charge in [-0.3, -0.25) is 9.59 Å². The smallest absolute Gasteiger partial charge is 0.312 e. The molecular weight excluding hydrogens is 388 g/mol. The number of aromatic amines is 1. The SMILES string of the molecule is CCOC(=O)C1(CCCc2ccccc2)CCN(C(=O)c2ccc3[nH]ccc3c2)CC1. The van der Waals surface area contributed by atoms with Crippen LogP contribution in [0.5, 0.6) is 0 Å². The molecule has 4 rings (SSSR count). The number of nitrogens with zero attached hydrogens (tertiary/aromatic N) is 1. The molecule has 2 aromatic carbocycles. The first-order chi connectivity index (χ1) is 15.1. The van der Waals surface area contributed by atoms with Crippen molar-refractivity contribution < 1.29 is 14.3 Å². The summed E-state index contributed by atoms with van der Waals surface area (Å²) in [6.45, 7) is 3.40. The van der Waals surface area contributed by atoms with Crippen LogP contribution < -0.4 is 0 Å². The van der Waals surface area contributed by atoms with E-state index in [-0.39, 0.29) is 11.9 Å². The zero-order valence-corrected chi connectivity index (χ0v) is 18.1. The Morgan fingerprint density at radius 1 is 1.06 bits per heavy atom. The number of hydrogen-bond acceptors (Lipinski definition) is 3. The molecule has 3 aromatic rings. The average molecular weight is 419 g/mol. The van der Waals surface area contributed by atoms with Crippen LogP contribution in [0.3, 0.4) is 0 Å². The van der Waals surface area contributed by atoms with Crippen LogP contribution in [0, 0.1) is 5.41 Å². The van der Waals surface area contributed by atoms with Gasteiger partial charge < -0.3 is 14.6 Å². The van der Waals surface area contributed by atoms with Crippen LogP contribution in [0.2, 0.25) is 0 Å². The Kier molecular flexibility index (Phi) is 6.40. The number of fused-ring (bicyclic) bond motifs is 1. The van der Waals surface area contributed by atoms with Crippen molar-refractivity contribution in [3.63, 3.8) is 0 Å². The van der Waals surface area contributed by atoms with Crippen LogP contribution in [0.1, 0.15) is 48.5 Å². The maximum atomic E-state index is 13.1. The second-order valence-electron chi connectivity index (χ2n) is 8.41. The summed E-state index contributed by atoms with van der Waals surface area (Å²) in [5, 5.41) is 1.03. The number of H-pyrrole nitrogens is 1. The summed E-state index contributed by atoms with van der Waals surface area (Å²) in [6, 6.07) is 18.1. The Hall–Kier alpha value is -3.08. The highest BCUT2D eigenvalue weighted by atomic mass is 16.5. The highest BCUT2D eigenvalue weighted by molar-refractivity contribution is 5.98. The lowest BCUT2D eigenvalue weighted by atomic mass is 9.74. The Balaban J connectivity index is 1.41. The van der Waals surface area contributed by atoms with Crippen molar-refractivity contribution >= 4 is 22.8 Å². The first-order valence-electron chi connectivity index (χ1n) is 11.2. The van der Waals surface area contributed by atoms with E-state index in [4.69, 9.17) is 4.74 Å². The third-order valence-electron chi connectivity index (χ3n) is 6.48. The van der Waals surface area contributed by atoms with E-state index in [1.165, 1.54) is 5.56 Å². The quantitative estimate of drug-likeness (QED) is 0.551. The number of benzene rings is 2. The fourth-order valence-electron chi connectivity index (χ4n) is 4.62. The lowest BCUT2D eigenvalue weighted by molar-refractivity contribution is -0.159. The molecule has 0 unspecified atom stereocenters. The van der Waals surface area contributed by atoms with Crippen LogP contribution in [0.15, 0.2) is 60.8 Å². The van der Waals surface area contributed by atoms with Gasteiger partial charge in [-0.15, -0.1) is 0 Å². The van der Waals surface area contributed by atoms with Gasteiger partial charge in [-0.2, -0.15) is 0 Å². The van der Waals surface area contributed by atoms with Crippen molar-refractivity contribution in [3.05, 3.63) is 71.9 Å². The summed E-state index contributed by atoms with van der Waals surface area (Å²) < 4.78 is 5.46. The summed E-state index contributed by atoms with van der Waals surface area (Å²) in [4.78, 5) is 31.0. The summed E-state index contributed by atoms with van der Waals surface area (Å²) in [5.74, 6) is -0.0752. The molecule has 1 aliphatic heterocycles. The minimum Gasteiger partial charge on any atom is -0.466 e. The van der Waals surface area contributed by atoms with Crippen LogP contribution in [0.4, 0.5) is 0 Å². The number of nitrogens with one attached hydrogen (secondary N) is 1. The first kappa shape index (κ1) is 21.2. The van der Waals surface area contributed by atoms with Gasteiger partial charge in [-0.05, 0) is 68.9 Å². The highest BCUT2D eigenvalue weighted by Gasteiger charge is 2.43. The van der Waals surface area contributed by atoms with E-state index in [0.29, 0.717) is 38.1 Å². The zero-order valence-electron chi connectivity index (χ0n) is 18.1. The predicted molar refractivity (Wildman–Crippen MR) is 122 cm³/mol. The second kappa shape index (κ2) is 9.38. The van der Waals surface area contributed by atoms with Gasteiger partial charge in [0.05, 0.1) is 12.0 Å². The maximum absolute atomic E-state index is 13.1. The van der Waals surface area contributed by atoms with Crippen LogP contribution in [-0.2, 0) is 16.0 Å². The monoisotopic (exact) mass is 418 g/mol. The van der Waals surface area contributed by atoms with E-state index in [1.807, 2.05) is 60.5 Å². The van der Waals surface area contributed by atoms with E-state index >= 15 is 0 Å². The van der Waals surface area contributed by atoms with Gasteiger partial charge in [0.15, 0.2) is 0 Å². The van der Waals surface area contributed by atoms with E-state index in [1.54, 1.807) is 0 Å². The molecule has 162 valence electrons. The van der Waals surface area contributed by atoms with E-state index < -0.39 is 5.41 Å². The number of likely N-dealkylation sites (tertiary alicyclic amines) is 1. The number of piperidine rings is 1. The number of esters is 1. The van der Waals surface area contributed by atoms with Gasteiger partial charge in [0.2, 0.25) is 0 Å². The fourth-order valence-corrected chi connectivity index (χ4v) is 4.62. The van der Waals surface area contributed by atoms with Crippen molar-refractivity contribution in [2.24, 2.45) is 5.41 Å². The molecule has 1 amide bonds. The molecule has 0 radical (unpaired) electrons. The molecule has 1 saturated heterocycles. The molecule has 0 aliphatic carbocycles. The molecular formula is C26H30N2O3. The molecule has 1 N–H and O–H groups in total. The summed E-state index contributed by atoms with van der Waals surface area (Å²) >= 11 is 0. The molecule has 1 aromatic heterocycles. The van der Waals surface area contributed by atoms with Gasteiger partial charge in [0.25, 0.3) is 5.91 Å². The Morgan fingerprint density at radius 3 is 2.58 bits per heavy atom. The molecule has 31 heavy (non-hydrogen) atoms. The van der Waals surface area contributed by atoms with Gasteiger partial charge in [-0.25, -0.2) is 0 Å². The minimum absolute atomic E-state index is 0.0323. The lowest BCUT2D eigenvalue weighted by Gasteiger charge is -2.40. The molecule has 0 atom stereocenters. The van der Waals surface area contributed by atoms with Gasteiger partial charge >= 0.3 is 5.97 Å². The second-order valence-corrected chi connectivity index (χ2v) is 8.41. The molecule has 2 heterocycles. The number of hydrogen-bond donors (Lipinski definition) is 1. The zero-order chi connectivity index (χ0) is 21.7. The normalized spacial score (nSPS) is 15.7. The highest BCUT2D eigenvalue weighted by Crippen LogP contribution is 2.38. The minimum atomic E-state index is -0.494. The average Bonchev–Trinajstić information content (AvgIpc) is 3.28. The van der Waals surface area contributed by atoms with Crippen molar-refractivity contribution in [1.82, 2.24) is 9.88 Å². The van der Waals surface area contributed by atoms with Gasteiger partial charge in [0.1, 0.15) is 0 Å². The Morgan fingerprint density at radius 2 is 1.84 bits per heavy atom. The molecule has 0 spiro atoms. The van der Waals surface area contributed by atoms with Crippen molar-refractivity contribution in [2.45, 2.75) is 39.0 Å². The van der Waals surface area contributed by atoms with E-state index in [9.17, 15) is 9.59 Å². The molecule has 0 saturated carbocycles. The number of carbonyl (C=O) groups is 2. The Labute approximate surface area is 183 Å². The van der Waals surface area contributed by atoms with Gasteiger partial charge in [0, 0.05) is 35.8 Å². The number of amides is 1.